The van der Waals surface area contributed by atoms with E-state index in [4.69, 9.17) is 0 Å². The molecule has 2 aromatic heterocycles. The van der Waals surface area contributed by atoms with E-state index >= 15 is 0 Å². The van der Waals surface area contributed by atoms with E-state index in [2.05, 4.69) is 21.0 Å². The normalized spacial score (nSPS) is 10.5. The molecule has 78 valence electrons. The zero-order valence-corrected chi connectivity index (χ0v) is 9.81. The van der Waals surface area contributed by atoms with Crippen LogP contribution in [0.1, 0.15) is 10.5 Å². The summed E-state index contributed by atoms with van der Waals surface area (Å²) in [5, 5.41) is 4.03. The van der Waals surface area contributed by atoms with Crippen LogP contribution >= 0.6 is 15.9 Å². The van der Waals surface area contributed by atoms with Crippen LogP contribution in [0.5, 0.6) is 0 Å². The first-order valence-corrected chi connectivity index (χ1v) is 5.28. The molecule has 0 unspecified atom stereocenters. The third-order valence-corrected chi connectivity index (χ3v) is 2.55. The Balaban J connectivity index is 2.14. The van der Waals surface area contributed by atoms with E-state index in [1.165, 1.54) is 0 Å². The minimum atomic E-state index is 0.0538. The van der Waals surface area contributed by atoms with Crippen molar-refractivity contribution in [1.82, 2.24) is 14.3 Å². The fourth-order valence-electron chi connectivity index (χ4n) is 1.40. The minimum absolute atomic E-state index is 0.0538. The van der Waals surface area contributed by atoms with Gasteiger partial charge in [0.05, 0.1) is 16.4 Å². The van der Waals surface area contributed by atoms with Crippen molar-refractivity contribution in [2.75, 3.05) is 0 Å². The first kappa shape index (κ1) is 10.2. The summed E-state index contributed by atoms with van der Waals surface area (Å²) in [6.45, 7) is 0.267. The zero-order chi connectivity index (χ0) is 10.8. The highest BCUT2D eigenvalue weighted by Gasteiger charge is 2.09. The first-order valence-electron chi connectivity index (χ1n) is 4.49. The molecule has 0 aliphatic carbocycles. The summed E-state index contributed by atoms with van der Waals surface area (Å²) in [6.07, 6.45) is 5.30. The molecule has 0 spiro atoms. The quantitative estimate of drug-likeness (QED) is 0.797. The number of hydrogen-bond acceptors (Lipinski definition) is 2. The molecule has 0 fully saturated rings. The molecule has 5 heteroatoms. The van der Waals surface area contributed by atoms with E-state index in [0.29, 0.717) is 5.69 Å². The van der Waals surface area contributed by atoms with Gasteiger partial charge in [-0.15, -0.1) is 0 Å². The Hall–Kier alpha value is -1.36. The van der Waals surface area contributed by atoms with Gasteiger partial charge in [0.2, 0.25) is 5.78 Å². The van der Waals surface area contributed by atoms with E-state index < -0.39 is 0 Å². The van der Waals surface area contributed by atoms with Crippen molar-refractivity contribution in [3.63, 3.8) is 0 Å². The third kappa shape index (κ3) is 2.18. The Kier molecular flexibility index (Phi) is 2.73. The monoisotopic (exact) mass is 267 g/mol. The second kappa shape index (κ2) is 4.02. The molecule has 2 aromatic rings. The van der Waals surface area contributed by atoms with Gasteiger partial charge in [-0.05, 0) is 28.1 Å². The average Bonchev–Trinajstić information content (AvgIpc) is 2.75. The lowest BCUT2D eigenvalue weighted by molar-refractivity contribution is 0.0960. The molecule has 0 amide bonds. The van der Waals surface area contributed by atoms with Gasteiger partial charge in [-0.2, -0.15) is 5.10 Å². The number of hydrogen-bond donors (Lipinski definition) is 0. The van der Waals surface area contributed by atoms with E-state index in [0.717, 1.165) is 4.47 Å². The number of carbonyl (C=O) groups excluding carboxylic acids is 1. The van der Waals surface area contributed by atoms with Gasteiger partial charge >= 0.3 is 0 Å². The van der Waals surface area contributed by atoms with E-state index in [1.54, 1.807) is 27.7 Å². The number of carbonyl (C=O) groups is 1. The van der Waals surface area contributed by atoms with Gasteiger partial charge in [-0.1, -0.05) is 0 Å². The second-order valence-corrected chi connectivity index (χ2v) is 4.20. The maximum atomic E-state index is 11.8. The number of rotatable bonds is 3. The molecule has 4 nitrogen and oxygen atoms in total. The number of aromatic nitrogens is 3. The molecule has 0 radical (unpaired) electrons. The van der Waals surface area contributed by atoms with E-state index in [1.807, 2.05) is 19.3 Å². The summed E-state index contributed by atoms with van der Waals surface area (Å²) in [7, 11) is 1.85. The lowest BCUT2D eigenvalue weighted by Gasteiger charge is -2.02. The predicted octanol–water partition coefficient (Wildman–Crippen LogP) is 1.87. The molecule has 0 saturated heterocycles. The summed E-state index contributed by atoms with van der Waals surface area (Å²) in [4.78, 5) is 11.8. The van der Waals surface area contributed by atoms with Crippen LogP contribution in [0.15, 0.2) is 35.2 Å². The smallest absolute Gasteiger partial charge is 0.200 e. The SMILES string of the molecule is Cn1cccc1C(=O)Cn1cc(Br)cn1. The molecule has 0 aromatic carbocycles. The molecule has 2 heterocycles. The Morgan fingerprint density at radius 3 is 2.93 bits per heavy atom. The number of halogens is 1. The number of ketones is 1. The molecular weight excluding hydrogens is 258 g/mol. The summed E-state index contributed by atoms with van der Waals surface area (Å²) >= 11 is 3.29. The Morgan fingerprint density at radius 1 is 1.60 bits per heavy atom. The Morgan fingerprint density at radius 2 is 2.40 bits per heavy atom. The van der Waals surface area contributed by atoms with Gasteiger partial charge in [0.1, 0.15) is 6.54 Å². The third-order valence-electron chi connectivity index (χ3n) is 2.14. The van der Waals surface area contributed by atoms with E-state index in [9.17, 15) is 4.79 Å². The number of Topliss-reactive ketones (excluding diaryl/α,β-unsaturated/α-hetero) is 1. The minimum Gasteiger partial charge on any atom is -0.348 e. The molecule has 0 aliphatic heterocycles. The summed E-state index contributed by atoms with van der Waals surface area (Å²) in [5.41, 5.74) is 0.696. The number of aryl methyl sites for hydroxylation is 1. The highest BCUT2D eigenvalue weighted by atomic mass is 79.9. The summed E-state index contributed by atoms with van der Waals surface area (Å²) < 4.78 is 4.29. The van der Waals surface area contributed by atoms with Crippen LogP contribution in [0.3, 0.4) is 0 Å². The van der Waals surface area contributed by atoms with Crippen molar-refractivity contribution in [1.29, 1.82) is 0 Å². The van der Waals surface area contributed by atoms with Gasteiger partial charge in [0, 0.05) is 19.4 Å². The summed E-state index contributed by atoms with van der Waals surface area (Å²) in [5.74, 6) is 0.0538. The highest BCUT2D eigenvalue weighted by molar-refractivity contribution is 9.10. The lowest BCUT2D eigenvalue weighted by Crippen LogP contribution is -2.13. The lowest BCUT2D eigenvalue weighted by atomic mass is 10.3. The van der Waals surface area contributed by atoms with Crippen molar-refractivity contribution in [3.8, 4) is 0 Å². The molecule has 0 aliphatic rings. The topological polar surface area (TPSA) is 39.8 Å². The highest BCUT2D eigenvalue weighted by Crippen LogP contribution is 2.08. The van der Waals surface area contributed by atoms with Crippen LogP contribution in [0.2, 0.25) is 0 Å². The fraction of sp³-hybridized carbons (Fsp3) is 0.200. The molecule has 0 N–H and O–H groups in total. The van der Waals surface area contributed by atoms with Crippen molar-refractivity contribution in [3.05, 3.63) is 40.9 Å². The first-order chi connectivity index (χ1) is 7.16. The van der Waals surface area contributed by atoms with Crippen LogP contribution < -0.4 is 0 Å². The summed E-state index contributed by atoms with van der Waals surface area (Å²) in [6, 6.07) is 3.66. The van der Waals surface area contributed by atoms with Gasteiger partial charge in [0.15, 0.2) is 0 Å². The van der Waals surface area contributed by atoms with Crippen molar-refractivity contribution in [2.45, 2.75) is 6.54 Å². The fourth-order valence-corrected chi connectivity index (χ4v) is 1.73. The molecular formula is C10H10BrN3O. The number of nitrogens with zero attached hydrogens (tertiary/aromatic N) is 3. The van der Waals surface area contributed by atoms with Crippen LogP contribution in [-0.4, -0.2) is 20.1 Å². The van der Waals surface area contributed by atoms with Gasteiger partial charge in [-0.25, -0.2) is 0 Å². The van der Waals surface area contributed by atoms with Crippen molar-refractivity contribution in [2.24, 2.45) is 7.05 Å². The van der Waals surface area contributed by atoms with Crippen LogP contribution in [0.25, 0.3) is 0 Å². The maximum absolute atomic E-state index is 11.8. The van der Waals surface area contributed by atoms with Gasteiger partial charge in [0.25, 0.3) is 0 Å². The second-order valence-electron chi connectivity index (χ2n) is 3.28. The maximum Gasteiger partial charge on any atom is 0.200 e. The van der Waals surface area contributed by atoms with Gasteiger partial charge < -0.3 is 4.57 Å². The Labute approximate surface area is 95.6 Å². The standard InChI is InChI=1S/C10H10BrN3O/c1-13-4-2-3-9(13)10(15)7-14-6-8(11)5-12-14/h2-6H,7H2,1H3. The van der Waals surface area contributed by atoms with Crippen LogP contribution in [0.4, 0.5) is 0 Å². The predicted molar refractivity (Wildman–Crippen MR) is 59.7 cm³/mol. The molecule has 2 rings (SSSR count). The largest absolute Gasteiger partial charge is 0.348 e. The van der Waals surface area contributed by atoms with Crippen molar-refractivity contribution >= 4 is 21.7 Å². The Bertz CT molecular complexity index is 486. The van der Waals surface area contributed by atoms with Gasteiger partial charge in [-0.3, -0.25) is 9.48 Å². The zero-order valence-electron chi connectivity index (χ0n) is 8.22. The molecule has 15 heavy (non-hydrogen) atoms. The van der Waals surface area contributed by atoms with Crippen LogP contribution in [-0.2, 0) is 13.6 Å². The van der Waals surface area contributed by atoms with Crippen LogP contribution in [0, 0.1) is 0 Å². The van der Waals surface area contributed by atoms with Crippen molar-refractivity contribution < 1.29 is 4.79 Å². The van der Waals surface area contributed by atoms with E-state index in [-0.39, 0.29) is 12.3 Å². The molecule has 0 atom stereocenters. The average molecular weight is 268 g/mol. The molecule has 0 saturated carbocycles. The molecule has 0 bridgehead atoms.